The van der Waals surface area contributed by atoms with Crippen molar-refractivity contribution in [2.75, 3.05) is 5.32 Å². The molecule has 0 unspecified atom stereocenters. The lowest BCUT2D eigenvalue weighted by molar-refractivity contribution is 0.0636. The molecule has 0 aromatic heterocycles. The number of phenols is 2. The number of carbonyl (C=O) groups excluding carboxylic acids is 1. The second kappa shape index (κ2) is 6.47. The van der Waals surface area contributed by atoms with Gasteiger partial charge in [-0.05, 0) is 52.8 Å². The van der Waals surface area contributed by atoms with E-state index in [-0.39, 0.29) is 17.6 Å². The van der Waals surface area contributed by atoms with Gasteiger partial charge in [0, 0.05) is 22.5 Å². The molecule has 0 atom stereocenters. The van der Waals surface area contributed by atoms with Crippen LogP contribution < -0.4 is 10.1 Å². The summed E-state index contributed by atoms with van der Waals surface area (Å²) in [6, 6.07) is 6.24. The van der Waals surface area contributed by atoms with E-state index in [1.807, 2.05) is 13.8 Å². The lowest BCUT2D eigenvalue weighted by Crippen LogP contribution is -2.27. The van der Waals surface area contributed by atoms with Crippen LogP contribution in [-0.4, -0.2) is 28.0 Å². The summed E-state index contributed by atoms with van der Waals surface area (Å²) >= 11 is 0. The second-order valence-corrected chi connectivity index (χ2v) is 6.80. The summed E-state index contributed by atoms with van der Waals surface area (Å²) in [5, 5.41) is 23.5. The number of nitrogens with one attached hydrogen (secondary N) is 1. The van der Waals surface area contributed by atoms with E-state index in [4.69, 9.17) is 9.47 Å². The molecule has 0 aliphatic heterocycles. The first-order valence-corrected chi connectivity index (χ1v) is 7.72. The lowest BCUT2D eigenvalue weighted by Gasteiger charge is -2.20. The van der Waals surface area contributed by atoms with E-state index in [2.05, 4.69) is 5.32 Å². The number of anilines is 1. The van der Waals surface area contributed by atoms with Crippen LogP contribution in [0.25, 0.3) is 10.8 Å². The number of carbonyl (C=O) groups is 1. The lowest BCUT2D eigenvalue weighted by atomic mass is 10.1. The Bertz CT molecular complexity index is 762. The number of phenolic OH excluding ortho intramolecular Hbond substituents is 2. The quantitative estimate of drug-likeness (QED) is 0.725. The van der Waals surface area contributed by atoms with Crippen molar-refractivity contribution in [3.05, 3.63) is 24.3 Å². The third kappa shape index (κ3) is 4.22. The smallest absolute Gasteiger partial charge is 0.412 e. The molecule has 24 heavy (non-hydrogen) atoms. The molecule has 0 aliphatic rings. The zero-order valence-corrected chi connectivity index (χ0v) is 14.5. The van der Waals surface area contributed by atoms with Gasteiger partial charge in [0.05, 0.1) is 6.10 Å². The van der Waals surface area contributed by atoms with Crippen LogP contribution in [0.1, 0.15) is 34.6 Å². The van der Waals surface area contributed by atoms with Gasteiger partial charge >= 0.3 is 6.09 Å². The molecule has 0 radical (unpaired) electrons. The van der Waals surface area contributed by atoms with Crippen molar-refractivity contribution < 1.29 is 24.5 Å². The molecule has 2 rings (SSSR count). The Hall–Kier alpha value is -2.63. The van der Waals surface area contributed by atoms with E-state index in [0.29, 0.717) is 22.2 Å². The fraction of sp³-hybridized carbons (Fsp3) is 0.389. The molecule has 0 fully saturated rings. The minimum atomic E-state index is -0.600. The number of benzene rings is 2. The van der Waals surface area contributed by atoms with E-state index in [1.165, 1.54) is 6.07 Å². The molecule has 0 heterocycles. The molecule has 130 valence electrons. The van der Waals surface area contributed by atoms with E-state index >= 15 is 0 Å². The third-order valence-corrected chi connectivity index (χ3v) is 3.06. The Morgan fingerprint density at radius 3 is 2.38 bits per heavy atom. The maximum Gasteiger partial charge on any atom is 0.412 e. The predicted octanol–water partition coefficient (Wildman–Crippen LogP) is 4.39. The first kappa shape index (κ1) is 17.7. The molecule has 6 heteroatoms. The largest absolute Gasteiger partial charge is 0.504 e. The number of ether oxygens (including phenoxy) is 2. The van der Waals surface area contributed by atoms with Gasteiger partial charge in [-0.3, -0.25) is 5.32 Å². The van der Waals surface area contributed by atoms with Crippen molar-refractivity contribution in [3.63, 3.8) is 0 Å². The SMILES string of the molecule is CC(C)Oc1cc(O)c(O)c2ccc(NC(=O)OC(C)(C)C)cc12. The van der Waals surface area contributed by atoms with Gasteiger partial charge in [0.1, 0.15) is 11.4 Å². The first-order chi connectivity index (χ1) is 11.1. The van der Waals surface area contributed by atoms with Gasteiger partial charge in [-0.15, -0.1) is 0 Å². The highest BCUT2D eigenvalue weighted by molar-refractivity contribution is 5.99. The standard InChI is InChI=1S/C18H23NO5/c1-10(2)23-15-9-14(20)16(21)12-7-6-11(8-13(12)15)19-17(22)24-18(3,4)5/h6-10,20-21H,1-5H3,(H,19,22). The van der Waals surface area contributed by atoms with E-state index in [1.54, 1.807) is 39.0 Å². The molecule has 0 bridgehead atoms. The van der Waals surface area contributed by atoms with Crippen molar-refractivity contribution in [2.24, 2.45) is 0 Å². The number of hydrogen-bond acceptors (Lipinski definition) is 5. The molecular formula is C18H23NO5. The van der Waals surface area contributed by atoms with Gasteiger partial charge in [-0.25, -0.2) is 4.79 Å². The summed E-state index contributed by atoms with van der Waals surface area (Å²) in [5.41, 5.74) is -0.105. The molecule has 0 saturated carbocycles. The van der Waals surface area contributed by atoms with Crippen LogP contribution in [0.5, 0.6) is 17.2 Å². The second-order valence-electron chi connectivity index (χ2n) is 6.80. The van der Waals surface area contributed by atoms with Crippen LogP contribution in [0, 0.1) is 0 Å². The van der Waals surface area contributed by atoms with Gasteiger partial charge in [-0.2, -0.15) is 0 Å². The van der Waals surface area contributed by atoms with Crippen molar-refractivity contribution >= 4 is 22.6 Å². The summed E-state index contributed by atoms with van der Waals surface area (Å²) in [6.07, 6.45) is -0.684. The highest BCUT2D eigenvalue weighted by Gasteiger charge is 2.18. The van der Waals surface area contributed by atoms with Gasteiger partial charge in [0.2, 0.25) is 0 Å². The highest BCUT2D eigenvalue weighted by atomic mass is 16.6. The summed E-state index contributed by atoms with van der Waals surface area (Å²) in [7, 11) is 0. The maximum absolute atomic E-state index is 11.9. The van der Waals surface area contributed by atoms with Crippen LogP contribution in [-0.2, 0) is 4.74 Å². The van der Waals surface area contributed by atoms with Crippen molar-refractivity contribution in [1.29, 1.82) is 0 Å². The third-order valence-electron chi connectivity index (χ3n) is 3.06. The summed E-state index contributed by atoms with van der Waals surface area (Å²) in [6.45, 7) is 9.06. The average Bonchev–Trinajstić information content (AvgIpc) is 2.41. The summed E-state index contributed by atoms with van der Waals surface area (Å²) in [5.74, 6) is -0.0703. The Morgan fingerprint density at radius 2 is 1.79 bits per heavy atom. The monoisotopic (exact) mass is 333 g/mol. The maximum atomic E-state index is 11.9. The highest BCUT2D eigenvalue weighted by Crippen LogP contribution is 2.41. The van der Waals surface area contributed by atoms with Crippen LogP contribution in [0.3, 0.4) is 0 Å². The topological polar surface area (TPSA) is 88.0 Å². The zero-order valence-electron chi connectivity index (χ0n) is 14.5. The van der Waals surface area contributed by atoms with E-state index < -0.39 is 11.7 Å². The molecule has 2 aromatic carbocycles. The minimum Gasteiger partial charge on any atom is -0.504 e. The van der Waals surface area contributed by atoms with Crippen LogP contribution >= 0.6 is 0 Å². The van der Waals surface area contributed by atoms with Gasteiger partial charge < -0.3 is 19.7 Å². The Balaban J connectivity index is 2.41. The molecule has 0 saturated heterocycles. The van der Waals surface area contributed by atoms with E-state index in [0.717, 1.165) is 0 Å². The molecule has 6 nitrogen and oxygen atoms in total. The summed E-state index contributed by atoms with van der Waals surface area (Å²) in [4.78, 5) is 11.9. The fourth-order valence-electron chi connectivity index (χ4n) is 2.21. The Labute approximate surface area is 141 Å². The van der Waals surface area contributed by atoms with Gasteiger partial charge in [0.25, 0.3) is 0 Å². The molecular weight excluding hydrogens is 310 g/mol. The zero-order chi connectivity index (χ0) is 18.1. The Morgan fingerprint density at radius 1 is 1.12 bits per heavy atom. The summed E-state index contributed by atoms with van der Waals surface area (Å²) < 4.78 is 10.9. The predicted molar refractivity (Wildman–Crippen MR) is 92.9 cm³/mol. The molecule has 0 aliphatic carbocycles. The van der Waals surface area contributed by atoms with Crippen molar-refractivity contribution in [3.8, 4) is 17.2 Å². The van der Waals surface area contributed by atoms with Crippen LogP contribution in [0.2, 0.25) is 0 Å². The molecule has 3 N–H and O–H groups in total. The van der Waals surface area contributed by atoms with Crippen LogP contribution in [0.15, 0.2) is 24.3 Å². The number of amides is 1. The molecule has 1 amide bonds. The molecule has 2 aromatic rings. The number of aromatic hydroxyl groups is 2. The number of hydrogen-bond donors (Lipinski definition) is 3. The van der Waals surface area contributed by atoms with Crippen molar-refractivity contribution in [1.82, 2.24) is 0 Å². The Kier molecular flexibility index (Phi) is 4.78. The van der Waals surface area contributed by atoms with Gasteiger partial charge in [0.15, 0.2) is 11.5 Å². The molecule has 0 spiro atoms. The normalized spacial score (nSPS) is 11.6. The van der Waals surface area contributed by atoms with Crippen molar-refractivity contribution in [2.45, 2.75) is 46.3 Å². The van der Waals surface area contributed by atoms with Crippen LogP contribution in [0.4, 0.5) is 10.5 Å². The van der Waals surface area contributed by atoms with Gasteiger partial charge in [-0.1, -0.05) is 0 Å². The number of rotatable bonds is 3. The first-order valence-electron chi connectivity index (χ1n) is 7.72. The fourth-order valence-corrected chi connectivity index (χ4v) is 2.21. The van der Waals surface area contributed by atoms with E-state index in [9.17, 15) is 15.0 Å². The number of fused-ring (bicyclic) bond motifs is 1. The average molecular weight is 333 g/mol. The minimum absolute atomic E-state index is 0.111.